The van der Waals surface area contributed by atoms with Gasteiger partial charge in [0.15, 0.2) is 0 Å². The van der Waals surface area contributed by atoms with E-state index in [-0.39, 0.29) is 10.7 Å². The van der Waals surface area contributed by atoms with Gasteiger partial charge in [-0.25, -0.2) is 12.8 Å². The normalized spacial score (nSPS) is 20.4. The molecule has 0 radical (unpaired) electrons. The van der Waals surface area contributed by atoms with Crippen molar-refractivity contribution in [1.82, 2.24) is 9.62 Å². The van der Waals surface area contributed by atoms with E-state index in [4.69, 9.17) is 0 Å². The van der Waals surface area contributed by atoms with Gasteiger partial charge in [-0.3, -0.25) is 0 Å². The summed E-state index contributed by atoms with van der Waals surface area (Å²) >= 11 is 0. The van der Waals surface area contributed by atoms with Gasteiger partial charge in [0.25, 0.3) is 0 Å². The molecule has 112 valence electrons. The van der Waals surface area contributed by atoms with Gasteiger partial charge >= 0.3 is 0 Å². The van der Waals surface area contributed by atoms with E-state index in [1.165, 1.54) is 22.5 Å². The second kappa shape index (κ2) is 6.20. The molecule has 1 aliphatic heterocycles. The molecule has 0 bridgehead atoms. The van der Waals surface area contributed by atoms with Crippen LogP contribution in [0.2, 0.25) is 0 Å². The third kappa shape index (κ3) is 3.19. The standard InChI is InChI=1S/C14H21FN2O2S/c1-3-16-9-12-8-13(4-5-14(12)15)20(18,19)17-7-6-11(2)10-17/h4-5,8,11,16H,3,6-7,9-10H2,1-2H3. The van der Waals surface area contributed by atoms with Gasteiger partial charge in [0, 0.05) is 25.2 Å². The van der Waals surface area contributed by atoms with Gasteiger partial charge in [0.1, 0.15) is 5.82 Å². The van der Waals surface area contributed by atoms with Gasteiger partial charge < -0.3 is 5.32 Å². The highest BCUT2D eigenvalue weighted by Gasteiger charge is 2.30. The fourth-order valence-corrected chi connectivity index (χ4v) is 3.99. The maximum absolute atomic E-state index is 13.7. The Labute approximate surface area is 120 Å². The van der Waals surface area contributed by atoms with Crippen LogP contribution in [0.5, 0.6) is 0 Å². The molecule has 0 aromatic heterocycles. The quantitative estimate of drug-likeness (QED) is 0.904. The Kier molecular flexibility index (Phi) is 4.78. The van der Waals surface area contributed by atoms with E-state index < -0.39 is 10.0 Å². The van der Waals surface area contributed by atoms with Crippen molar-refractivity contribution in [1.29, 1.82) is 0 Å². The largest absolute Gasteiger partial charge is 0.313 e. The van der Waals surface area contributed by atoms with E-state index in [0.29, 0.717) is 37.7 Å². The summed E-state index contributed by atoms with van der Waals surface area (Å²) in [5, 5.41) is 3.01. The van der Waals surface area contributed by atoms with Crippen LogP contribution in [-0.4, -0.2) is 32.4 Å². The van der Waals surface area contributed by atoms with Crippen molar-refractivity contribution < 1.29 is 12.8 Å². The molecule has 1 aromatic carbocycles. The maximum Gasteiger partial charge on any atom is 0.243 e. The second-order valence-electron chi connectivity index (χ2n) is 5.29. The molecule has 20 heavy (non-hydrogen) atoms. The van der Waals surface area contributed by atoms with Crippen LogP contribution in [0.4, 0.5) is 4.39 Å². The van der Waals surface area contributed by atoms with Gasteiger partial charge in [-0.2, -0.15) is 4.31 Å². The molecule has 0 amide bonds. The van der Waals surface area contributed by atoms with Gasteiger partial charge in [-0.1, -0.05) is 13.8 Å². The van der Waals surface area contributed by atoms with Crippen molar-refractivity contribution in [3.63, 3.8) is 0 Å². The van der Waals surface area contributed by atoms with Crippen LogP contribution in [-0.2, 0) is 16.6 Å². The van der Waals surface area contributed by atoms with Gasteiger partial charge in [-0.05, 0) is 37.1 Å². The number of nitrogens with one attached hydrogen (secondary N) is 1. The van der Waals surface area contributed by atoms with Crippen LogP contribution >= 0.6 is 0 Å². The third-order valence-corrected chi connectivity index (χ3v) is 5.47. The van der Waals surface area contributed by atoms with Gasteiger partial charge in [0.2, 0.25) is 10.0 Å². The van der Waals surface area contributed by atoms with E-state index >= 15 is 0 Å². The van der Waals surface area contributed by atoms with Crippen molar-refractivity contribution in [3.8, 4) is 0 Å². The van der Waals surface area contributed by atoms with Crippen molar-refractivity contribution in [2.75, 3.05) is 19.6 Å². The summed E-state index contributed by atoms with van der Waals surface area (Å²) in [5.74, 6) is 0.00569. The minimum atomic E-state index is -3.50. The maximum atomic E-state index is 13.7. The SMILES string of the molecule is CCNCc1cc(S(=O)(=O)N2CCC(C)C2)ccc1F. The Bertz CT molecular complexity index is 575. The molecule has 1 aliphatic rings. The first-order chi connectivity index (χ1) is 9.45. The van der Waals surface area contributed by atoms with Crippen molar-refractivity contribution in [3.05, 3.63) is 29.6 Å². The summed E-state index contributed by atoms with van der Waals surface area (Å²) in [6, 6.07) is 4.03. The number of sulfonamides is 1. The first-order valence-corrected chi connectivity index (χ1v) is 8.38. The highest BCUT2D eigenvalue weighted by atomic mass is 32.2. The van der Waals surface area contributed by atoms with Gasteiger partial charge in [-0.15, -0.1) is 0 Å². The van der Waals surface area contributed by atoms with Crippen LogP contribution < -0.4 is 5.32 Å². The zero-order chi connectivity index (χ0) is 14.8. The van der Waals surface area contributed by atoms with E-state index in [2.05, 4.69) is 5.32 Å². The molecule has 2 rings (SSSR count). The lowest BCUT2D eigenvalue weighted by atomic mass is 10.2. The van der Waals surface area contributed by atoms with Crippen LogP contribution in [0.1, 0.15) is 25.8 Å². The predicted octanol–water partition coefficient (Wildman–Crippen LogP) is 1.97. The first kappa shape index (κ1) is 15.4. The molecule has 6 heteroatoms. The van der Waals surface area contributed by atoms with Crippen LogP contribution in [0.15, 0.2) is 23.1 Å². The highest BCUT2D eigenvalue weighted by molar-refractivity contribution is 7.89. The first-order valence-electron chi connectivity index (χ1n) is 6.94. The summed E-state index contributed by atoms with van der Waals surface area (Å²) in [4.78, 5) is 0.181. The monoisotopic (exact) mass is 300 g/mol. The van der Waals surface area contributed by atoms with E-state index in [9.17, 15) is 12.8 Å². The lowest BCUT2D eigenvalue weighted by Gasteiger charge is -2.17. The van der Waals surface area contributed by atoms with Crippen molar-refractivity contribution in [2.24, 2.45) is 5.92 Å². The molecule has 4 nitrogen and oxygen atoms in total. The summed E-state index contributed by atoms with van der Waals surface area (Å²) in [6.07, 6.45) is 0.880. The molecule has 0 saturated carbocycles. The topological polar surface area (TPSA) is 49.4 Å². The molecule has 1 aromatic rings. The summed E-state index contributed by atoms with van der Waals surface area (Å²) in [5.41, 5.74) is 0.389. The molecule has 1 unspecified atom stereocenters. The zero-order valence-corrected chi connectivity index (χ0v) is 12.7. The highest BCUT2D eigenvalue weighted by Crippen LogP contribution is 2.25. The molecular weight excluding hydrogens is 279 g/mol. The number of halogens is 1. The van der Waals surface area contributed by atoms with E-state index in [1.54, 1.807) is 0 Å². The van der Waals surface area contributed by atoms with E-state index in [1.807, 2.05) is 13.8 Å². The second-order valence-corrected chi connectivity index (χ2v) is 7.23. The number of rotatable bonds is 5. The van der Waals surface area contributed by atoms with Crippen LogP contribution in [0.3, 0.4) is 0 Å². The lowest BCUT2D eigenvalue weighted by Crippen LogP contribution is -2.29. The van der Waals surface area contributed by atoms with E-state index in [0.717, 1.165) is 6.42 Å². The predicted molar refractivity (Wildman–Crippen MR) is 76.3 cm³/mol. The third-order valence-electron chi connectivity index (χ3n) is 3.61. The fourth-order valence-electron chi connectivity index (χ4n) is 2.37. The Hall–Kier alpha value is -0.980. The molecule has 1 saturated heterocycles. The zero-order valence-electron chi connectivity index (χ0n) is 11.9. The Morgan fingerprint density at radius 3 is 2.80 bits per heavy atom. The van der Waals surface area contributed by atoms with Crippen molar-refractivity contribution in [2.45, 2.75) is 31.7 Å². The Morgan fingerprint density at radius 2 is 2.20 bits per heavy atom. The average Bonchev–Trinajstić information content (AvgIpc) is 2.85. The number of benzene rings is 1. The average molecular weight is 300 g/mol. The van der Waals surface area contributed by atoms with Crippen LogP contribution in [0.25, 0.3) is 0 Å². The van der Waals surface area contributed by atoms with Gasteiger partial charge in [0.05, 0.1) is 4.90 Å². The molecule has 1 atom stereocenters. The molecule has 1 N–H and O–H groups in total. The molecular formula is C14H21FN2O2S. The molecule has 0 spiro atoms. The van der Waals surface area contributed by atoms with Crippen LogP contribution in [0, 0.1) is 11.7 Å². The smallest absolute Gasteiger partial charge is 0.243 e. The number of nitrogens with zero attached hydrogens (tertiary/aromatic N) is 1. The Morgan fingerprint density at radius 1 is 1.45 bits per heavy atom. The minimum Gasteiger partial charge on any atom is -0.313 e. The lowest BCUT2D eigenvalue weighted by molar-refractivity contribution is 0.464. The summed E-state index contributed by atoms with van der Waals surface area (Å²) in [6.45, 7) is 6.09. The molecule has 0 aliphatic carbocycles. The fraction of sp³-hybridized carbons (Fsp3) is 0.571. The Balaban J connectivity index is 2.27. The summed E-state index contributed by atoms with van der Waals surface area (Å²) < 4.78 is 40.2. The number of hydrogen-bond donors (Lipinski definition) is 1. The minimum absolute atomic E-state index is 0.181. The summed E-state index contributed by atoms with van der Waals surface area (Å²) in [7, 11) is -3.50. The molecule has 1 heterocycles. The molecule has 1 fully saturated rings. The van der Waals surface area contributed by atoms with Crippen molar-refractivity contribution >= 4 is 10.0 Å². The number of hydrogen-bond acceptors (Lipinski definition) is 3.